The van der Waals surface area contributed by atoms with Crippen LogP contribution >= 0.6 is 11.3 Å². The third-order valence-corrected chi connectivity index (χ3v) is 11.3. The number of rotatable bonds is 10. The number of hydrogen-bond donors (Lipinski definition) is 2. The van der Waals surface area contributed by atoms with Crippen molar-refractivity contribution < 1.29 is 42.6 Å². The topological polar surface area (TPSA) is 149 Å². The fourth-order valence-corrected chi connectivity index (χ4v) is 8.48. The van der Waals surface area contributed by atoms with Gasteiger partial charge in [0, 0.05) is 36.9 Å². The number of imide groups is 1. The van der Waals surface area contributed by atoms with E-state index in [-0.39, 0.29) is 42.1 Å². The first-order valence-corrected chi connectivity index (χ1v) is 18.4. The van der Waals surface area contributed by atoms with Gasteiger partial charge in [0.15, 0.2) is 0 Å². The molecule has 7 rings (SSSR count). The molecule has 2 fully saturated rings. The summed E-state index contributed by atoms with van der Waals surface area (Å²) in [4.78, 5) is 77.3. The molecule has 1 aromatic heterocycles. The third-order valence-electron chi connectivity index (χ3n) is 10.5. The lowest BCUT2D eigenvalue weighted by atomic mass is 9.77. The van der Waals surface area contributed by atoms with E-state index < -0.39 is 54.7 Å². The van der Waals surface area contributed by atoms with Crippen molar-refractivity contribution in [2.75, 3.05) is 39.3 Å². The standard InChI is InChI=1S/C37H39F2N5O7S/c38-37(39,20-45)19-41-32(46)24-7-1-2-8-25(24)33(47)43-15-12-22-6-5-11-29(51-23-13-14-42(17-23)36(50)30-16-40-21-52-30)31(22)28(43)18-44-34(48)26-9-3-4-10-27(26)35(44)49/h3-6,9-11,16,21,23-25,28,45H,1-2,7-8,12-15,17-20H2,(H,41,46)/t23?,24-,25?,28-/m1/s1. The highest BCUT2D eigenvalue weighted by atomic mass is 32.1. The molecule has 5 amide bonds. The Labute approximate surface area is 302 Å². The summed E-state index contributed by atoms with van der Waals surface area (Å²) in [5.74, 6) is -6.85. The second kappa shape index (κ2) is 14.7. The van der Waals surface area contributed by atoms with E-state index in [1.165, 1.54) is 17.5 Å². The molecule has 3 aromatic rings. The summed E-state index contributed by atoms with van der Waals surface area (Å²) in [7, 11) is 0. The summed E-state index contributed by atoms with van der Waals surface area (Å²) in [6.45, 7) is -1.59. The van der Waals surface area contributed by atoms with E-state index in [0.29, 0.717) is 67.8 Å². The van der Waals surface area contributed by atoms with E-state index in [1.54, 1.807) is 45.6 Å². The molecule has 274 valence electrons. The first-order chi connectivity index (χ1) is 25.1. The van der Waals surface area contributed by atoms with Crippen LogP contribution in [0.3, 0.4) is 0 Å². The molecule has 4 atom stereocenters. The summed E-state index contributed by atoms with van der Waals surface area (Å²) < 4.78 is 34.3. The molecule has 0 spiro atoms. The van der Waals surface area contributed by atoms with Crippen molar-refractivity contribution in [3.63, 3.8) is 0 Å². The number of carbonyl (C=O) groups excluding carboxylic acids is 5. The molecule has 52 heavy (non-hydrogen) atoms. The number of aliphatic hydroxyl groups is 1. The molecular weight excluding hydrogens is 696 g/mol. The van der Waals surface area contributed by atoms with Gasteiger partial charge in [0.25, 0.3) is 23.6 Å². The molecule has 2 N–H and O–H groups in total. The number of halogens is 2. The molecule has 12 nitrogen and oxygen atoms in total. The van der Waals surface area contributed by atoms with E-state index >= 15 is 0 Å². The number of fused-ring (bicyclic) bond motifs is 2. The second-order valence-electron chi connectivity index (χ2n) is 13.8. The maximum absolute atomic E-state index is 14.7. The average Bonchev–Trinajstić information content (AvgIpc) is 3.92. The molecule has 3 aliphatic heterocycles. The van der Waals surface area contributed by atoms with E-state index in [1.807, 2.05) is 12.1 Å². The number of carbonyl (C=O) groups is 5. The number of likely N-dealkylation sites (tertiary alicyclic amines) is 1. The number of amides is 5. The van der Waals surface area contributed by atoms with Crippen molar-refractivity contribution in [3.05, 3.63) is 81.3 Å². The van der Waals surface area contributed by atoms with Gasteiger partial charge in [0.05, 0.1) is 48.5 Å². The molecule has 2 aromatic carbocycles. The van der Waals surface area contributed by atoms with E-state index in [0.717, 1.165) is 10.5 Å². The first-order valence-electron chi connectivity index (χ1n) is 17.5. The molecule has 0 radical (unpaired) electrons. The van der Waals surface area contributed by atoms with E-state index in [2.05, 4.69) is 10.3 Å². The van der Waals surface area contributed by atoms with Crippen molar-refractivity contribution in [3.8, 4) is 5.75 Å². The number of ether oxygens (including phenoxy) is 1. The Bertz CT molecular complexity index is 1840. The van der Waals surface area contributed by atoms with Crippen LogP contribution in [0.4, 0.5) is 8.78 Å². The fraction of sp³-hybridized carbons (Fsp3) is 0.459. The smallest absolute Gasteiger partial charge is 0.287 e. The van der Waals surface area contributed by atoms with Crippen LogP contribution in [0.5, 0.6) is 5.75 Å². The van der Waals surface area contributed by atoms with Crippen molar-refractivity contribution in [1.82, 2.24) is 25.0 Å². The SMILES string of the molecule is O=C(NCC(F)(F)CO)[C@@H]1CCCCC1C(=O)N1CCc2cccc(OC3CCN(C(=O)c4cncs4)C3)c2[C@H]1CN1C(=O)c2ccccc2C1=O. The number of hydrogen-bond acceptors (Lipinski definition) is 9. The van der Waals surface area contributed by atoms with Gasteiger partial charge in [-0.25, -0.2) is 8.78 Å². The number of benzene rings is 2. The minimum atomic E-state index is -3.50. The van der Waals surface area contributed by atoms with E-state index in [9.17, 15) is 32.8 Å². The highest BCUT2D eigenvalue weighted by Gasteiger charge is 2.46. The Morgan fingerprint density at radius 1 is 0.981 bits per heavy atom. The Morgan fingerprint density at radius 2 is 1.71 bits per heavy atom. The fourth-order valence-electron chi connectivity index (χ4n) is 7.89. The number of nitrogens with zero attached hydrogens (tertiary/aromatic N) is 4. The molecule has 0 bridgehead atoms. The number of thiazole rings is 1. The minimum Gasteiger partial charge on any atom is -0.488 e. The van der Waals surface area contributed by atoms with Gasteiger partial charge in [-0.1, -0.05) is 37.1 Å². The van der Waals surface area contributed by atoms with E-state index in [4.69, 9.17) is 9.84 Å². The van der Waals surface area contributed by atoms with Gasteiger partial charge in [-0.2, -0.15) is 0 Å². The zero-order valence-electron chi connectivity index (χ0n) is 28.3. The predicted octanol–water partition coefficient (Wildman–Crippen LogP) is 3.71. The molecular formula is C37H39F2N5O7S. The number of aliphatic hydroxyl groups excluding tert-OH is 1. The quantitative estimate of drug-likeness (QED) is 0.300. The normalized spacial score (nSPS) is 23.0. The summed E-state index contributed by atoms with van der Waals surface area (Å²) in [6.07, 6.45) is 4.16. The summed E-state index contributed by atoms with van der Waals surface area (Å²) in [5.41, 5.74) is 3.66. The van der Waals surface area contributed by atoms with Gasteiger partial charge in [-0.05, 0) is 43.0 Å². The number of nitrogens with one attached hydrogen (secondary N) is 1. The minimum absolute atomic E-state index is 0.130. The van der Waals surface area contributed by atoms with Crippen LogP contribution < -0.4 is 10.1 Å². The van der Waals surface area contributed by atoms with Gasteiger partial charge < -0.3 is 25.0 Å². The molecule has 1 saturated heterocycles. The van der Waals surface area contributed by atoms with Crippen molar-refractivity contribution in [2.24, 2.45) is 11.8 Å². The first kappa shape index (κ1) is 35.6. The summed E-state index contributed by atoms with van der Waals surface area (Å²) in [6, 6.07) is 11.3. The summed E-state index contributed by atoms with van der Waals surface area (Å²) in [5, 5.41) is 11.2. The second-order valence-corrected chi connectivity index (χ2v) is 14.7. The molecule has 1 aliphatic carbocycles. The highest BCUT2D eigenvalue weighted by Crippen LogP contribution is 2.42. The Hall–Kier alpha value is -4.76. The van der Waals surface area contributed by atoms with Gasteiger partial charge in [-0.15, -0.1) is 11.3 Å². The summed E-state index contributed by atoms with van der Waals surface area (Å²) >= 11 is 1.27. The highest BCUT2D eigenvalue weighted by molar-refractivity contribution is 7.11. The molecule has 1 saturated carbocycles. The van der Waals surface area contributed by atoms with Gasteiger partial charge in [-0.3, -0.25) is 33.9 Å². The van der Waals surface area contributed by atoms with Crippen molar-refractivity contribution in [1.29, 1.82) is 0 Å². The third kappa shape index (κ3) is 6.90. The largest absolute Gasteiger partial charge is 0.488 e. The lowest BCUT2D eigenvalue weighted by molar-refractivity contribution is -0.147. The van der Waals surface area contributed by atoms with Gasteiger partial charge in [0.1, 0.15) is 23.3 Å². The number of alkyl halides is 2. The van der Waals surface area contributed by atoms with Crippen molar-refractivity contribution >= 4 is 40.9 Å². The van der Waals surface area contributed by atoms with Gasteiger partial charge in [0.2, 0.25) is 11.8 Å². The van der Waals surface area contributed by atoms with Crippen LogP contribution in [-0.4, -0.2) is 106 Å². The maximum atomic E-state index is 14.7. The monoisotopic (exact) mass is 735 g/mol. The Kier molecular flexibility index (Phi) is 10.1. The van der Waals surface area contributed by atoms with Gasteiger partial charge >= 0.3 is 0 Å². The van der Waals surface area contributed by atoms with Crippen LogP contribution in [0.15, 0.2) is 54.2 Å². The molecule has 15 heteroatoms. The van der Waals surface area contributed by atoms with Crippen LogP contribution in [0.25, 0.3) is 0 Å². The van der Waals surface area contributed by atoms with Crippen LogP contribution in [0.2, 0.25) is 0 Å². The van der Waals surface area contributed by atoms with Crippen LogP contribution in [0, 0.1) is 11.8 Å². The Morgan fingerprint density at radius 3 is 2.40 bits per heavy atom. The lowest BCUT2D eigenvalue weighted by Crippen LogP contribution is -2.52. The zero-order valence-corrected chi connectivity index (χ0v) is 29.2. The average molecular weight is 736 g/mol. The van der Waals surface area contributed by atoms with Crippen LogP contribution in [0.1, 0.15) is 79.7 Å². The number of aromatic nitrogens is 1. The maximum Gasteiger partial charge on any atom is 0.287 e. The molecule has 2 unspecified atom stereocenters. The predicted molar refractivity (Wildman–Crippen MR) is 184 cm³/mol. The Balaban J connectivity index is 1.19. The molecule has 4 heterocycles. The van der Waals surface area contributed by atoms with Crippen LogP contribution in [-0.2, 0) is 16.0 Å². The molecule has 4 aliphatic rings. The van der Waals surface area contributed by atoms with Crippen molar-refractivity contribution in [2.45, 2.75) is 56.6 Å². The zero-order chi connectivity index (χ0) is 36.6. The lowest BCUT2D eigenvalue weighted by Gasteiger charge is -2.43.